The summed E-state index contributed by atoms with van der Waals surface area (Å²) in [5, 5.41) is 9.10. The number of urea groups is 1. The number of amides is 3. The molecule has 0 spiro atoms. The third-order valence-corrected chi connectivity index (χ3v) is 7.85. The minimum Gasteiger partial charge on any atom is -0.339 e. The van der Waals surface area contributed by atoms with Crippen molar-refractivity contribution in [3.05, 3.63) is 35.7 Å². The van der Waals surface area contributed by atoms with Crippen molar-refractivity contribution < 1.29 is 18.5 Å². The van der Waals surface area contributed by atoms with Crippen LogP contribution in [-0.2, 0) is 16.8 Å². The summed E-state index contributed by atoms with van der Waals surface area (Å²) in [7, 11) is 0. The predicted molar refractivity (Wildman–Crippen MR) is 108 cm³/mol. The van der Waals surface area contributed by atoms with Crippen molar-refractivity contribution in [3.63, 3.8) is 0 Å². The minimum absolute atomic E-state index is 0.0653. The van der Waals surface area contributed by atoms with E-state index in [-0.39, 0.29) is 5.41 Å². The van der Waals surface area contributed by atoms with E-state index in [0.29, 0.717) is 47.5 Å². The Balaban J connectivity index is 1.26. The molecule has 5 fully saturated rings. The molecule has 0 radical (unpaired) electrons. The van der Waals surface area contributed by atoms with E-state index in [4.69, 9.17) is 4.52 Å². The molecular weight excluding hydrogens is 399 g/mol. The molecule has 3 amide bonds. The molecule has 2 aromatic rings. The van der Waals surface area contributed by atoms with E-state index < -0.39 is 23.1 Å². The lowest BCUT2D eigenvalue weighted by atomic mass is 9.48. The fourth-order valence-electron chi connectivity index (χ4n) is 7.02. The van der Waals surface area contributed by atoms with Crippen LogP contribution in [0.15, 0.2) is 28.8 Å². The van der Waals surface area contributed by atoms with Gasteiger partial charge in [-0.1, -0.05) is 23.4 Å². The van der Waals surface area contributed by atoms with Crippen molar-refractivity contribution in [1.82, 2.24) is 20.8 Å². The third-order valence-electron chi connectivity index (χ3n) is 7.85. The molecule has 4 bridgehead atoms. The van der Waals surface area contributed by atoms with Crippen molar-refractivity contribution in [1.29, 1.82) is 0 Å². The fourth-order valence-corrected chi connectivity index (χ4v) is 7.02. The van der Waals surface area contributed by atoms with Crippen LogP contribution in [0.4, 0.5) is 9.18 Å². The van der Waals surface area contributed by atoms with Crippen LogP contribution in [-0.4, -0.2) is 27.7 Å². The Morgan fingerprint density at radius 1 is 1.19 bits per heavy atom. The molecule has 1 aliphatic heterocycles. The number of rotatable bonds is 4. The number of alkyl halides is 1. The molecule has 31 heavy (non-hydrogen) atoms. The van der Waals surface area contributed by atoms with Crippen LogP contribution in [0, 0.1) is 17.3 Å². The number of halogens is 1. The van der Waals surface area contributed by atoms with Crippen LogP contribution in [0.1, 0.15) is 56.9 Å². The van der Waals surface area contributed by atoms with Crippen LogP contribution < -0.4 is 10.6 Å². The first-order chi connectivity index (χ1) is 14.7. The summed E-state index contributed by atoms with van der Waals surface area (Å²) < 4.78 is 20.8. The Kier molecular flexibility index (Phi) is 3.76. The van der Waals surface area contributed by atoms with Gasteiger partial charge in [0.05, 0.1) is 0 Å². The molecule has 3 atom stereocenters. The highest BCUT2D eigenvalue weighted by Crippen LogP contribution is 2.63. The van der Waals surface area contributed by atoms with Gasteiger partial charge < -0.3 is 9.84 Å². The average molecular weight is 424 g/mol. The zero-order chi connectivity index (χ0) is 21.4. The number of aromatic nitrogens is 2. The minimum atomic E-state index is -1.14. The number of hydrogen-bond acceptors (Lipinski definition) is 5. The second-order valence-corrected chi connectivity index (χ2v) is 10.4. The highest BCUT2D eigenvalue weighted by Gasteiger charge is 2.58. The molecule has 2 heterocycles. The van der Waals surface area contributed by atoms with Crippen molar-refractivity contribution in [2.24, 2.45) is 17.3 Å². The van der Waals surface area contributed by atoms with Crippen LogP contribution in [0.3, 0.4) is 0 Å². The largest absolute Gasteiger partial charge is 0.339 e. The maximum absolute atomic E-state index is 15.3. The highest BCUT2D eigenvalue weighted by molar-refractivity contribution is 6.07. The lowest BCUT2D eigenvalue weighted by molar-refractivity contribution is -0.125. The molecule has 1 saturated heterocycles. The first-order valence-corrected chi connectivity index (χ1v) is 11.0. The Hall–Kier alpha value is -2.77. The summed E-state index contributed by atoms with van der Waals surface area (Å²) in [6.45, 7) is 1.66. The van der Waals surface area contributed by atoms with Gasteiger partial charge in [0.25, 0.3) is 5.91 Å². The SMILES string of the molecule is CC1(c2cccc(-c3noc(CC45CC6CC(CC(F)(C6)C4)C5)n3)c2)NC(=O)NC1=O. The van der Waals surface area contributed by atoms with Crippen LogP contribution in [0.25, 0.3) is 11.4 Å². The maximum Gasteiger partial charge on any atom is 0.322 e. The molecule has 4 saturated carbocycles. The first-order valence-electron chi connectivity index (χ1n) is 11.0. The van der Waals surface area contributed by atoms with Crippen molar-refractivity contribution in [3.8, 4) is 11.4 Å². The normalized spacial score (nSPS) is 38.4. The van der Waals surface area contributed by atoms with E-state index in [1.54, 1.807) is 25.1 Å². The number of nitrogens with one attached hydrogen (secondary N) is 2. The third kappa shape index (κ3) is 2.98. The van der Waals surface area contributed by atoms with Gasteiger partial charge in [0.1, 0.15) is 11.2 Å². The van der Waals surface area contributed by atoms with Crippen molar-refractivity contribution >= 4 is 11.9 Å². The Labute approximate surface area is 179 Å². The van der Waals surface area contributed by atoms with E-state index in [1.165, 1.54) is 0 Å². The summed E-state index contributed by atoms with van der Waals surface area (Å²) >= 11 is 0. The van der Waals surface area contributed by atoms with E-state index in [2.05, 4.69) is 20.8 Å². The molecule has 5 aliphatic rings. The van der Waals surface area contributed by atoms with Crippen LogP contribution >= 0.6 is 0 Å². The number of hydrogen-bond donors (Lipinski definition) is 2. The van der Waals surface area contributed by atoms with Gasteiger partial charge in [-0.2, -0.15) is 4.98 Å². The van der Waals surface area contributed by atoms with E-state index in [1.807, 2.05) is 6.07 Å². The standard InChI is InChI=1S/C23H25FN4O3/c1-21(19(29)26-20(30)27-21)16-4-2-3-15(6-16)18-25-17(31-28-18)11-22-7-13-5-14(8-22)10-23(24,9-13)12-22/h2-4,6,13-14H,5,7-12H2,1H3,(H2,26,27,29,30). The Morgan fingerprint density at radius 2 is 1.97 bits per heavy atom. The molecule has 3 unspecified atom stereocenters. The van der Waals surface area contributed by atoms with Crippen molar-refractivity contribution in [2.45, 2.75) is 63.1 Å². The van der Waals surface area contributed by atoms with E-state index >= 15 is 4.39 Å². The van der Waals surface area contributed by atoms with Gasteiger partial charge >= 0.3 is 6.03 Å². The van der Waals surface area contributed by atoms with Crippen molar-refractivity contribution in [2.75, 3.05) is 0 Å². The Bertz CT molecular complexity index is 1080. The molecular formula is C23H25FN4O3. The predicted octanol–water partition coefficient (Wildman–Crippen LogP) is 3.64. The van der Waals surface area contributed by atoms with Gasteiger partial charge in [0, 0.05) is 12.0 Å². The second-order valence-electron chi connectivity index (χ2n) is 10.4. The molecule has 1 aromatic carbocycles. The number of benzene rings is 1. The molecule has 4 aliphatic carbocycles. The summed E-state index contributed by atoms with van der Waals surface area (Å²) in [5.41, 5.74) is -0.878. The summed E-state index contributed by atoms with van der Waals surface area (Å²) in [4.78, 5) is 28.5. The van der Waals surface area contributed by atoms with Gasteiger partial charge in [0.15, 0.2) is 0 Å². The molecule has 2 N–H and O–H groups in total. The Morgan fingerprint density at radius 3 is 2.65 bits per heavy atom. The first kappa shape index (κ1) is 19.0. The molecule has 7 rings (SSSR count). The van der Waals surface area contributed by atoms with Gasteiger partial charge in [-0.15, -0.1) is 0 Å². The van der Waals surface area contributed by atoms with Gasteiger partial charge in [-0.05, 0) is 74.3 Å². The second kappa shape index (κ2) is 6.14. The van der Waals surface area contributed by atoms with E-state index in [0.717, 1.165) is 32.1 Å². The number of carbonyl (C=O) groups is 2. The zero-order valence-electron chi connectivity index (χ0n) is 17.4. The van der Waals surface area contributed by atoms with E-state index in [9.17, 15) is 9.59 Å². The number of nitrogens with zero attached hydrogens (tertiary/aromatic N) is 2. The quantitative estimate of drug-likeness (QED) is 0.731. The smallest absolute Gasteiger partial charge is 0.322 e. The summed E-state index contributed by atoms with van der Waals surface area (Å²) in [6, 6.07) is 6.71. The highest BCUT2D eigenvalue weighted by atomic mass is 19.1. The lowest BCUT2D eigenvalue weighted by Gasteiger charge is -2.59. The van der Waals surface area contributed by atoms with Crippen LogP contribution in [0.5, 0.6) is 0 Å². The molecule has 7 nitrogen and oxygen atoms in total. The van der Waals surface area contributed by atoms with Gasteiger partial charge in [-0.3, -0.25) is 10.1 Å². The van der Waals surface area contributed by atoms with Gasteiger partial charge in [-0.25, -0.2) is 9.18 Å². The van der Waals surface area contributed by atoms with Crippen LogP contribution in [0.2, 0.25) is 0 Å². The molecule has 1 aromatic heterocycles. The summed E-state index contributed by atoms with van der Waals surface area (Å²) in [6.07, 6.45) is 5.93. The zero-order valence-corrected chi connectivity index (χ0v) is 17.4. The maximum atomic E-state index is 15.3. The molecule has 162 valence electrons. The fraction of sp³-hybridized carbons (Fsp3) is 0.565. The monoisotopic (exact) mass is 424 g/mol. The number of imide groups is 1. The molecule has 8 heteroatoms. The lowest BCUT2D eigenvalue weighted by Crippen LogP contribution is -2.54. The average Bonchev–Trinajstić information content (AvgIpc) is 3.23. The van der Waals surface area contributed by atoms with Gasteiger partial charge in [0.2, 0.25) is 11.7 Å². The summed E-state index contributed by atoms with van der Waals surface area (Å²) in [5.74, 6) is 1.55. The topological polar surface area (TPSA) is 97.1 Å². The number of carbonyl (C=O) groups excluding carboxylic acids is 2.